The van der Waals surface area contributed by atoms with Crippen LogP contribution in [0.5, 0.6) is 0 Å². The van der Waals surface area contributed by atoms with Gasteiger partial charge in [-0.1, -0.05) is 0 Å². The van der Waals surface area contributed by atoms with Crippen LogP contribution in [0.4, 0.5) is 0 Å². The largest absolute Gasteiger partial charge is 1.00 e. The molecular formula is HClNa3O7P. The van der Waals surface area contributed by atoms with Gasteiger partial charge in [0.2, 0.25) is 0 Å². The van der Waals surface area contributed by atoms with Crippen molar-refractivity contribution in [1.82, 2.24) is 0 Å². The SMILES string of the molecule is O=P([O-])([O-])O.[Na+].[Na+].[Na+].[O-][Cl+2]([O-])[O-]. The van der Waals surface area contributed by atoms with Gasteiger partial charge in [-0.05, 0) is 0 Å². The molecule has 0 spiro atoms. The molecule has 0 aromatic carbocycles. The second-order valence-electron chi connectivity index (χ2n) is 0.658. The molecule has 0 rings (SSSR count). The Labute approximate surface area is 138 Å². The van der Waals surface area contributed by atoms with Crippen molar-refractivity contribution in [1.29, 1.82) is 0 Å². The zero-order valence-electron chi connectivity index (χ0n) is 6.72. The number of rotatable bonds is 0. The first kappa shape index (κ1) is 29.5. The van der Waals surface area contributed by atoms with Crippen molar-refractivity contribution in [3.8, 4) is 0 Å². The van der Waals surface area contributed by atoms with Crippen molar-refractivity contribution in [3.63, 3.8) is 0 Å². The second-order valence-corrected chi connectivity index (χ2v) is 1.97. The van der Waals surface area contributed by atoms with Crippen molar-refractivity contribution in [2.75, 3.05) is 0 Å². The maximum atomic E-state index is 8.66. The zero-order valence-corrected chi connectivity index (χ0v) is 14.4. The molecule has 0 amide bonds. The predicted molar refractivity (Wildman–Crippen MR) is 9.83 cm³/mol. The van der Waals surface area contributed by atoms with Crippen molar-refractivity contribution < 1.29 is 133 Å². The summed E-state index contributed by atoms with van der Waals surface area (Å²) in [4.78, 5) is 24.3. The smallest absolute Gasteiger partial charge is 0.790 e. The molecule has 7 nitrogen and oxygen atoms in total. The molecular weight excluding hydrogens is 247 g/mol. The molecule has 0 fully saturated rings. The molecule has 0 saturated heterocycles. The van der Waals surface area contributed by atoms with Gasteiger partial charge in [0.15, 0.2) is 0 Å². The summed E-state index contributed by atoms with van der Waals surface area (Å²) in [5.74, 6) is 0. The summed E-state index contributed by atoms with van der Waals surface area (Å²) in [6.07, 6.45) is 0. The Morgan fingerprint density at radius 1 is 1.00 bits per heavy atom. The fraction of sp³-hybridized carbons (Fsp3) is 0. The Bertz CT molecular complexity index is 89.8. The molecule has 0 heterocycles. The third-order valence-electron chi connectivity index (χ3n) is 0. The molecule has 12 heavy (non-hydrogen) atoms. The van der Waals surface area contributed by atoms with Gasteiger partial charge >= 0.3 is 88.7 Å². The second kappa shape index (κ2) is 16.7. The van der Waals surface area contributed by atoms with E-state index in [9.17, 15) is 0 Å². The van der Waals surface area contributed by atoms with Crippen LogP contribution in [0.2, 0.25) is 0 Å². The summed E-state index contributed by atoms with van der Waals surface area (Å²) in [6.45, 7) is 0. The molecule has 0 atom stereocenters. The molecule has 1 N–H and O–H groups in total. The van der Waals surface area contributed by atoms with Crippen molar-refractivity contribution >= 4 is 7.82 Å². The number of hydrogen-bond acceptors (Lipinski definition) is 6. The van der Waals surface area contributed by atoms with Gasteiger partial charge in [-0.3, -0.25) is 0 Å². The Hall–Kier alpha value is 3.28. The standard InChI is InChI=1S/ClO3.3Na.H3O4P/c2-1(3)4;;;;1-5(2,3)4/h;;;;(H3,1,2,3,4)/q-1;3*+1;/p-2. The molecule has 58 valence electrons. The van der Waals surface area contributed by atoms with Crippen LogP contribution in [-0.2, 0) is 4.57 Å². The average Bonchev–Trinajstić information content (AvgIpc) is 1.19. The predicted octanol–water partition coefficient (Wildman–Crippen LogP) is -14.7. The first-order valence-electron chi connectivity index (χ1n) is 1.21. The van der Waals surface area contributed by atoms with E-state index >= 15 is 0 Å². The van der Waals surface area contributed by atoms with Gasteiger partial charge in [-0.2, -0.15) is 0 Å². The van der Waals surface area contributed by atoms with E-state index in [4.69, 9.17) is 33.2 Å². The molecule has 0 aliphatic heterocycles. The van der Waals surface area contributed by atoms with Crippen LogP contribution in [0.25, 0.3) is 0 Å². The zero-order chi connectivity index (χ0) is 8.08. The van der Waals surface area contributed by atoms with Gasteiger partial charge in [0, 0.05) is 0 Å². The fourth-order valence-corrected chi connectivity index (χ4v) is 0. The van der Waals surface area contributed by atoms with Gasteiger partial charge in [0.1, 0.15) is 0 Å². The van der Waals surface area contributed by atoms with Crippen LogP contribution in [0.3, 0.4) is 0 Å². The number of halogens is 1. The van der Waals surface area contributed by atoms with E-state index in [-0.39, 0.29) is 88.7 Å². The maximum absolute atomic E-state index is 8.66. The van der Waals surface area contributed by atoms with Crippen LogP contribution in [0, 0.1) is 10.8 Å². The monoisotopic (exact) mass is 248 g/mol. The molecule has 0 unspecified atom stereocenters. The fourth-order valence-electron chi connectivity index (χ4n) is 0. The van der Waals surface area contributed by atoms with Gasteiger partial charge in [-0.15, -0.1) is 0 Å². The Morgan fingerprint density at radius 3 is 1.00 bits per heavy atom. The Morgan fingerprint density at radius 2 is 1.00 bits per heavy atom. The summed E-state index contributed by atoms with van der Waals surface area (Å²) in [6, 6.07) is 0. The molecule has 0 aliphatic carbocycles. The first-order valence-corrected chi connectivity index (χ1v) is 3.63. The Balaban J connectivity index is -0.0000000221. The molecule has 0 radical (unpaired) electrons. The van der Waals surface area contributed by atoms with E-state index in [1.807, 2.05) is 0 Å². The summed E-state index contributed by atoms with van der Waals surface area (Å²) in [5.41, 5.74) is 0. The summed E-state index contributed by atoms with van der Waals surface area (Å²) >= 11 is 0. The quantitative estimate of drug-likeness (QED) is 0.330. The number of phosphoric acid groups is 1. The molecule has 0 aromatic heterocycles. The third kappa shape index (κ3) is 186. The first-order chi connectivity index (χ1) is 3.73. The number of hydrogen-bond donors (Lipinski definition) is 1. The average molecular weight is 248 g/mol. The van der Waals surface area contributed by atoms with E-state index in [1.165, 1.54) is 0 Å². The van der Waals surface area contributed by atoms with Crippen molar-refractivity contribution in [2.45, 2.75) is 0 Å². The van der Waals surface area contributed by atoms with Crippen LogP contribution in [0.15, 0.2) is 0 Å². The molecule has 0 aromatic rings. The molecule has 0 saturated carbocycles. The van der Waals surface area contributed by atoms with Crippen molar-refractivity contribution in [2.24, 2.45) is 0 Å². The van der Waals surface area contributed by atoms with E-state index in [2.05, 4.69) is 0 Å². The topological polar surface area (TPSA) is 153 Å². The van der Waals surface area contributed by atoms with E-state index in [1.54, 1.807) is 0 Å². The van der Waals surface area contributed by atoms with Gasteiger partial charge in [0.05, 0.1) is 18.6 Å². The van der Waals surface area contributed by atoms with E-state index < -0.39 is 18.6 Å². The van der Waals surface area contributed by atoms with Crippen LogP contribution >= 0.6 is 7.82 Å². The minimum atomic E-state index is -5.14. The summed E-state index contributed by atoms with van der Waals surface area (Å²) in [5, 5.41) is 0. The summed E-state index contributed by atoms with van der Waals surface area (Å²) < 4.78 is 33.9. The minimum Gasteiger partial charge on any atom is -0.790 e. The molecule has 0 bridgehead atoms. The van der Waals surface area contributed by atoms with E-state index in [0.29, 0.717) is 0 Å². The Kier molecular flexibility index (Phi) is 41.0. The van der Waals surface area contributed by atoms with Crippen LogP contribution in [-0.4, -0.2) is 4.89 Å². The van der Waals surface area contributed by atoms with Crippen molar-refractivity contribution in [3.05, 3.63) is 0 Å². The molecule has 12 heteroatoms. The summed E-state index contributed by atoms with van der Waals surface area (Å²) in [7, 11) is -7.99. The molecule has 0 aliphatic rings. The van der Waals surface area contributed by atoms with Crippen LogP contribution < -0.4 is 112 Å². The maximum Gasteiger partial charge on any atom is 1.00 e. The van der Waals surface area contributed by atoms with Gasteiger partial charge in [-0.25, -0.2) is 0 Å². The van der Waals surface area contributed by atoms with Crippen LogP contribution in [0.1, 0.15) is 0 Å². The van der Waals surface area contributed by atoms with Gasteiger partial charge < -0.3 is 33.2 Å². The van der Waals surface area contributed by atoms with Gasteiger partial charge in [0.25, 0.3) is 0 Å². The third-order valence-corrected chi connectivity index (χ3v) is 0. The minimum absolute atomic E-state index is 0. The van der Waals surface area contributed by atoms with E-state index in [0.717, 1.165) is 0 Å². The normalized spacial score (nSPS) is 7.92.